The number of rotatable bonds is 4. The molecule has 0 amide bonds. The third kappa shape index (κ3) is 2.95. The highest BCUT2D eigenvalue weighted by Crippen LogP contribution is 2.24. The molecule has 1 heterocycles. The highest BCUT2D eigenvalue weighted by molar-refractivity contribution is 9.10. The molecule has 0 aliphatic heterocycles. The number of aryl methyl sites for hydroxylation is 2. The van der Waals surface area contributed by atoms with Crippen LogP contribution in [-0.2, 0) is 11.3 Å². The smallest absolute Gasteiger partial charge is 0.136 e. The first-order chi connectivity index (χ1) is 6.87. The first kappa shape index (κ1) is 12.5. The zero-order chi connectivity index (χ0) is 11.6. The van der Waals surface area contributed by atoms with E-state index in [9.17, 15) is 0 Å². The third-order valence-electron chi connectivity index (χ3n) is 2.57. The van der Waals surface area contributed by atoms with E-state index in [-0.39, 0.29) is 5.60 Å². The number of methoxy groups -OCH3 is 1. The average Bonchev–Trinajstić information content (AvgIpc) is 2.43. The fraction of sp³-hybridized carbons (Fsp3) is 0.700. The molecule has 5 heteroatoms. The van der Waals surface area contributed by atoms with Gasteiger partial charge in [0.2, 0.25) is 0 Å². The molecule has 2 N–H and O–H groups in total. The van der Waals surface area contributed by atoms with Crippen LogP contribution in [0.4, 0.5) is 5.82 Å². The maximum atomic E-state index is 5.89. The molecular formula is C10H18BrN3O. The maximum Gasteiger partial charge on any atom is 0.136 e. The van der Waals surface area contributed by atoms with Crippen molar-refractivity contribution in [3.63, 3.8) is 0 Å². The number of halogens is 1. The van der Waals surface area contributed by atoms with Gasteiger partial charge in [0.25, 0.3) is 0 Å². The van der Waals surface area contributed by atoms with Gasteiger partial charge in [0.1, 0.15) is 5.82 Å². The van der Waals surface area contributed by atoms with Crippen molar-refractivity contribution in [3.05, 3.63) is 10.2 Å². The Morgan fingerprint density at radius 3 is 2.53 bits per heavy atom. The summed E-state index contributed by atoms with van der Waals surface area (Å²) < 4.78 is 8.04. The molecule has 0 spiro atoms. The van der Waals surface area contributed by atoms with Gasteiger partial charge in [-0.2, -0.15) is 5.10 Å². The predicted molar refractivity (Wildman–Crippen MR) is 64.8 cm³/mol. The molecule has 86 valence electrons. The van der Waals surface area contributed by atoms with Crippen LogP contribution >= 0.6 is 15.9 Å². The van der Waals surface area contributed by atoms with Crippen LogP contribution < -0.4 is 5.73 Å². The van der Waals surface area contributed by atoms with Gasteiger partial charge >= 0.3 is 0 Å². The quantitative estimate of drug-likeness (QED) is 0.918. The van der Waals surface area contributed by atoms with Gasteiger partial charge in [0.05, 0.1) is 15.8 Å². The van der Waals surface area contributed by atoms with Crippen molar-refractivity contribution in [2.75, 3.05) is 12.8 Å². The molecule has 0 fully saturated rings. The van der Waals surface area contributed by atoms with Crippen LogP contribution in [0, 0.1) is 6.92 Å². The standard InChI is InChI=1S/C10H18BrN3O/c1-7-8(11)9(12)14(13-7)6-5-10(2,3)15-4/h5-6,12H2,1-4H3. The Morgan fingerprint density at radius 2 is 2.13 bits per heavy atom. The van der Waals surface area contributed by atoms with E-state index in [1.54, 1.807) is 11.8 Å². The van der Waals surface area contributed by atoms with Gasteiger partial charge in [-0.15, -0.1) is 0 Å². The number of hydrogen-bond acceptors (Lipinski definition) is 3. The number of aromatic nitrogens is 2. The van der Waals surface area contributed by atoms with E-state index in [0.29, 0.717) is 5.82 Å². The van der Waals surface area contributed by atoms with E-state index in [0.717, 1.165) is 23.1 Å². The van der Waals surface area contributed by atoms with E-state index in [2.05, 4.69) is 34.9 Å². The van der Waals surface area contributed by atoms with Gasteiger partial charge in [-0.1, -0.05) is 0 Å². The minimum absolute atomic E-state index is 0.140. The topological polar surface area (TPSA) is 53.1 Å². The maximum absolute atomic E-state index is 5.89. The van der Waals surface area contributed by atoms with Gasteiger partial charge in [-0.05, 0) is 43.1 Å². The van der Waals surface area contributed by atoms with Gasteiger partial charge in [0, 0.05) is 13.7 Å². The summed E-state index contributed by atoms with van der Waals surface area (Å²) >= 11 is 3.40. The van der Waals surface area contributed by atoms with Crippen LogP contribution in [-0.4, -0.2) is 22.5 Å². The van der Waals surface area contributed by atoms with E-state index in [1.165, 1.54) is 0 Å². The summed E-state index contributed by atoms with van der Waals surface area (Å²) in [6.07, 6.45) is 0.876. The fourth-order valence-corrected chi connectivity index (χ4v) is 1.51. The lowest BCUT2D eigenvalue weighted by molar-refractivity contribution is 0.0114. The molecule has 0 radical (unpaired) electrons. The summed E-state index contributed by atoms with van der Waals surface area (Å²) in [6.45, 7) is 6.79. The second-order valence-electron chi connectivity index (χ2n) is 4.22. The SMILES string of the molecule is COC(C)(C)CCn1nc(C)c(Br)c1N. The third-order valence-corrected chi connectivity index (χ3v) is 3.55. The van der Waals surface area contributed by atoms with Crippen molar-refractivity contribution >= 4 is 21.7 Å². The summed E-state index contributed by atoms with van der Waals surface area (Å²) in [7, 11) is 1.72. The Bertz CT molecular complexity index is 347. The van der Waals surface area contributed by atoms with E-state index in [1.807, 2.05) is 6.92 Å². The van der Waals surface area contributed by atoms with Crippen LogP contribution in [0.25, 0.3) is 0 Å². The van der Waals surface area contributed by atoms with Crippen molar-refractivity contribution in [3.8, 4) is 0 Å². The Hall–Kier alpha value is -0.550. The molecule has 0 aliphatic rings. The van der Waals surface area contributed by atoms with Crippen molar-refractivity contribution in [2.45, 2.75) is 39.3 Å². The summed E-state index contributed by atoms with van der Waals surface area (Å²) in [5.74, 6) is 0.680. The number of nitrogens with two attached hydrogens (primary N) is 1. The minimum Gasteiger partial charge on any atom is -0.383 e. The Labute approximate surface area is 98.9 Å². The normalized spacial score (nSPS) is 12.1. The summed E-state index contributed by atoms with van der Waals surface area (Å²) in [5, 5.41) is 4.34. The molecule has 0 unspecified atom stereocenters. The predicted octanol–water partition coefficient (Wildman–Crippen LogP) is 2.35. The van der Waals surface area contributed by atoms with Crippen LogP contribution in [0.5, 0.6) is 0 Å². The molecular weight excluding hydrogens is 258 g/mol. The number of ether oxygens (including phenoxy) is 1. The van der Waals surface area contributed by atoms with E-state index in [4.69, 9.17) is 10.5 Å². The summed E-state index contributed by atoms with van der Waals surface area (Å²) in [4.78, 5) is 0. The van der Waals surface area contributed by atoms with Crippen molar-refractivity contribution < 1.29 is 4.74 Å². The first-order valence-electron chi connectivity index (χ1n) is 4.91. The first-order valence-corrected chi connectivity index (χ1v) is 5.70. The molecule has 1 aromatic heterocycles. The molecule has 0 aliphatic carbocycles. The van der Waals surface area contributed by atoms with Gasteiger partial charge in [-0.3, -0.25) is 0 Å². The highest BCUT2D eigenvalue weighted by atomic mass is 79.9. The molecule has 0 saturated carbocycles. The fourth-order valence-electron chi connectivity index (χ4n) is 1.23. The average molecular weight is 276 g/mol. The highest BCUT2D eigenvalue weighted by Gasteiger charge is 2.18. The number of nitrogens with zero attached hydrogens (tertiary/aromatic N) is 2. The molecule has 0 aromatic carbocycles. The Kier molecular flexibility index (Phi) is 3.78. The summed E-state index contributed by atoms with van der Waals surface area (Å²) in [6, 6.07) is 0. The largest absolute Gasteiger partial charge is 0.383 e. The number of hydrogen-bond donors (Lipinski definition) is 1. The molecule has 1 rings (SSSR count). The monoisotopic (exact) mass is 275 g/mol. The van der Waals surface area contributed by atoms with Gasteiger partial charge in [-0.25, -0.2) is 4.68 Å². The Balaban J connectivity index is 2.70. The second-order valence-corrected chi connectivity index (χ2v) is 5.01. The van der Waals surface area contributed by atoms with Crippen LogP contribution in [0.3, 0.4) is 0 Å². The summed E-state index contributed by atoms with van der Waals surface area (Å²) in [5.41, 5.74) is 6.67. The van der Waals surface area contributed by atoms with Crippen molar-refractivity contribution in [2.24, 2.45) is 0 Å². The van der Waals surface area contributed by atoms with Crippen molar-refractivity contribution in [1.29, 1.82) is 0 Å². The molecule has 0 bridgehead atoms. The zero-order valence-corrected chi connectivity index (χ0v) is 11.3. The molecule has 1 aromatic rings. The molecule has 0 saturated heterocycles. The lowest BCUT2D eigenvalue weighted by atomic mass is 10.1. The molecule has 15 heavy (non-hydrogen) atoms. The lowest BCUT2D eigenvalue weighted by Crippen LogP contribution is -2.25. The van der Waals surface area contributed by atoms with Crippen molar-refractivity contribution in [1.82, 2.24) is 9.78 Å². The molecule has 4 nitrogen and oxygen atoms in total. The van der Waals surface area contributed by atoms with Gasteiger partial charge < -0.3 is 10.5 Å². The van der Waals surface area contributed by atoms with E-state index < -0.39 is 0 Å². The van der Waals surface area contributed by atoms with Crippen LogP contribution in [0.1, 0.15) is 26.0 Å². The second kappa shape index (κ2) is 4.53. The van der Waals surface area contributed by atoms with Crippen LogP contribution in [0.2, 0.25) is 0 Å². The van der Waals surface area contributed by atoms with Crippen LogP contribution in [0.15, 0.2) is 4.47 Å². The number of nitrogen functional groups attached to an aromatic ring is 1. The van der Waals surface area contributed by atoms with Gasteiger partial charge in [0.15, 0.2) is 0 Å². The minimum atomic E-state index is -0.140. The molecule has 0 atom stereocenters. The Morgan fingerprint density at radius 1 is 1.53 bits per heavy atom. The lowest BCUT2D eigenvalue weighted by Gasteiger charge is -2.22. The van der Waals surface area contributed by atoms with E-state index >= 15 is 0 Å². The zero-order valence-electron chi connectivity index (χ0n) is 9.67. The number of anilines is 1.